The van der Waals surface area contributed by atoms with E-state index in [0.29, 0.717) is 16.3 Å². The summed E-state index contributed by atoms with van der Waals surface area (Å²) in [6.45, 7) is 0.770. The summed E-state index contributed by atoms with van der Waals surface area (Å²) in [4.78, 5) is 12.2. The molecule has 82 valence electrons. The van der Waals surface area contributed by atoms with Crippen LogP contribution in [0.5, 0.6) is 0 Å². The van der Waals surface area contributed by atoms with Crippen LogP contribution in [-0.4, -0.2) is 17.3 Å². The van der Waals surface area contributed by atoms with E-state index < -0.39 is 0 Å². The Morgan fingerprint density at radius 3 is 3.07 bits per heavy atom. The van der Waals surface area contributed by atoms with Crippen molar-refractivity contribution in [3.05, 3.63) is 24.2 Å². The van der Waals surface area contributed by atoms with Crippen LogP contribution in [0.3, 0.4) is 0 Å². The molecular formula is C11H14BrNO2. The van der Waals surface area contributed by atoms with Crippen LogP contribution in [0, 0.1) is 5.92 Å². The number of nitrogens with one attached hydrogen (secondary N) is 1. The van der Waals surface area contributed by atoms with Gasteiger partial charge in [-0.3, -0.25) is 4.79 Å². The van der Waals surface area contributed by atoms with Crippen LogP contribution in [0.4, 0.5) is 0 Å². The molecule has 1 aromatic rings. The summed E-state index contributed by atoms with van der Waals surface area (Å²) in [5, 5.41) is 2.93. The highest BCUT2D eigenvalue weighted by Crippen LogP contribution is 2.29. The molecule has 2 atom stereocenters. The highest BCUT2D eigenvalue weighted by molar-refractivity contribution is 9.09. The van der Waals surface area contributed by atoms with E-state index in [2.05, 4.69) is 21.2 Å². The predicted octanol–water partition coefficient (Wildman–Crippen LogP) is 2.57. The van der Waals surface area contributed by atoms with Crippen LogP contribution < -0.4 is 5.32 Å². The number of rotatable bonds is 3. The number of carbonyl (C=O) groups is 1. The fourth-order valence-corrected chi connectivity index (χ4v) is 2.73. The Bertz CT molecular complexity index is 323. The van der Waals surface area contributed by atoms with Crippen LogP contribution >= 0.6 is 15.9 Å². The van der Waals surface area contributed by atoms with Gasteiger partial charge in [0, 0.05) is 11.4 Å². The van der Waals surface area contributed by atoms with E-state index in [1.807, 2.05) is 0 Å². The summed E-state index contributed by atoms with van der Waals surface area (Å²) >= 11 is 3.60. The SMILES string of the molecule is O=C(NCC1CCC(Br)C1)c1ccoc1. The molecule has 0 saturated heterocycles. The van der Waals surface area contributed by atoms with E-state index in [1.165, 1.54) is 25.4 Å². The molecule has 0 aliphatic heterocycles. The lowest BCUT2D eigenvalue weighted by molar-refractivity contribution is 0.0947. The van der Waals surface area contributed by atoms with Crippen molar-refractivity contribution in [2.75, 3.05) is 6.54 Å². The van der Waals surface area contributed by atoms with Crippen molar-refractivity contribution in [2.24, 2.45) is 5.92 Å². The number of carbonyl (C=O) groups excluding carboxylic acids is 1. The van der Waals surface area contributed by atoms with Gasteiger partial charge in [0.25, 0.3) is 5.91 Å². The molecule has 0 spiro atoms. The second-order valence-corrected chi connectivity index (χ2v) is 5.29. The number of furan rings is 1. The number of hydrogen-bond donors (Lipinski definition) is 1. The second kappa shape index (κ2) is 4.84. The summed E-state index contributed by atoms with van der Waals surface area (Å²) in [6.07, 6.45) is 6.55. The van der Waals surface area contributed by atoms with E-state index in [1.54, 1.807) is 6.07 Å². The maximum Gasteiger partial charge on any atom is 0.254 e. The average Bonchev–Trinajstić information content (AvgIpc) is 2.84. The first kappa shape index (κ1) is 10.7. The van der Waals surface area contributed by atoms with Gasteiger partial charge in [-0.25, -0.2) is 0 Å². The zero-order valence-corrected chi connectivity index (χ0v) is 10.00. The molecule has 2 unspecified atom stereocenters. The van der Waals surface area contributed by atoms with Gasteiger partial charge < -0.3 is 9.73 Å². The Kier molecular flexibility index (Phi) is 3.46. The van der Waals surface area contributed by atoms with Crippen molar-refractivity contribution in [1.82, 2.24) is 5.32 Å². The van der Waals surface area contributed by atoms with Crippen LogP contribution in [0.25, 0.3) is 0 Å². The third-order valence-corrected chi connectivity index (χ3v) is 3.64. The van der Waals surface area contributed by atoms with Crippen LogP contribution in [-0.2, 0) is 0 Å². The minimum atomic E-state index is -0.0400. The predicted molar refractivity (Wildman–Crippen MR) is 61.1 cm³/mol. The monoisotopic (exact) mass is 271 g/mol. The summed E-state index contributed by atoms with van der Waals surface area (Å²) in [5.41, 5.74) is 0.600. The minimum Gasteiger partial charge on any atom is -0.472 e. The first-order valence-corrected chi connectivity index (χ1v) is 6.11. The molecule has 0 aromatic carbocycles. The molecule has 1 amide bonds. The highest BCUT2D eigenvalue weighted by Gasteiger charge is 2.22. The Balaban J connectivity index is 1.76. The quantitative estimate of drug-likeness (QED) is 0.859. The van der Waals surface area contributed by atoms with Gasteiger partial charge in [-0.15, -0.1) is 0 Å². The second-order valence-electron chi connectivity index (χ2n) is 4.00. The first-order valence-electron chi connectivity index (χ1n) is 5.20. The van der Waals surface area contributed by atoms with Crippen molar-refractivity contribution in [3.63, 3.8) is 0 Å². The molecule has 0 radical (unpaired) electrons. The number of amides is 1. The maximum absolute atomic E-state index is 11.6. The van der Waals surface area contributed by atoms with Gasteiger partial charge in [-0.2, -0.15) is 0 Å². The largest absolute Gasteiger partial charge is 0.472 e. The zero-order valence-electron chi connectivity index (χ0n) is 8.41. The zero-order chi connectivity index (χ0) is 10.7. The summed E-state index contributed by atoms with van der Waals surface area (Å²) in [6, 6.07) is 1.68. The van der Waals surface area contributed by atoms with Gasteiger partial charge in [-0.1, -0.05) is 15.9 Å². The molecule has 1 aliphatic rings. The average molecular weight is 272 g/mol. The minimum absolute atomic E-state index is 0.0400. The van der Waals surface area contributed by atoms with Gasteiger partial charge in [0.05, 0.1) is 11.8 Å². The van der Waals surface area contributed by atoms with Crippen molar-refractivity contribution >= 4 is 21.8 Å². The smallest absolute Gasteiger partial charge is 0.254 e. The summed E-state index contributed by atoms with van der Waals surface area (Å²) in [7, 11) is 0. The molecule has 0 bridgehead atoms. The number of hydrogen-bond acceptors (Lipinski definition) is 2. The highest BCUT2D eigenvalue weighted by atomic mass is 79.9. The Labute approximate surface area is 97.4 Å². The molecule has 1 N–H and O–H groups in total. The van der Waals surface area contributed by atoms with Crippen molar-refractivity contribution in [1.29, 1.82) is 0 Å². The fourth-order valence-electron chi connectivity index (χ4n) is 1.93. The van der Waals surface area contributed by atoms with E-state index in [9.17, 15) is 4.79 Å². The fraction of sp³-hybridized carbons (Fsp3) is 0.545. The number of halogens is 1. The van der Waals surface area contributed by atoms with Crippen LogP contribution in [0.15, 0.2) is 23.0 Å². The molecule has 1 fully saturated rings. The van der Waals surface area contributed by atoms with Crippen molar-refractivity contribution < 1.29 is 9.21 Å². The Morgan fingerprint density at radius 1 is 1.60 bits per heavy atom. The summed E-state index contributed by atoms with van der Waals surface area (Å²) in [5.74, 6) is 0.576. The number of alkyl halides is 1. The molecule has 3 nitrogen and oxygen atoms in total. The third-order valence-electron chi connectivity index (χ3n) is 2.81. The Hall–Kier alpha value is -0.770. The van der Waals surface area contributed by atoms with Gasteiger partial charge in [-0.05, 0) is 31.2 Å². The molecule has 1 saturated carbocycles. The topological polar surface area (TPSA) is 42.2 Å². The van der Waals surface area contributed by atoms with E-state index in [4.69, 9.17) is 4.42 Å². The maximum atomic E-state index is 11.6. The van der Waals surface area contributed by atoms with Gasteiger partial charge in [0.2, 0.25) is 0 Å². The summed E-state index contributed by atoms with van der Waals surface area (Å²) < 4.78 is 4.86. The lowest BCUT2D eigenvalue weighted by Crippen LogP contribution is -2.28. The third kappa shape index (κ3) is 2.84. The van der Waals surface area contributed by atoms with E-state index >= 15 is 0 Å². The van der Waals surface area contributed by atoms with E-state index in [0.717, 1.165) is 13.0 Å². The lowest BCUT2D eigenvalue weighted by Gasteiger charge is -2.09. The molecule has 4 heteroatoms. The van der Waals surface area contributed by atoms with Crippen LogP contribution in [0.1, 0.15) is 29.6 Å². The first-order chi connectivity index (χ1) is 7.25. The lowest BCUT2D eigenvalue weighted by atomic mass is 10.1. The molecular weight excluding hydrogens is 258 g/mol. The van der Waals surface area contributed by atoms with Gasteiger partial charge in [0.1, 0.15) is 6.26 Å². The van der Waals surface area contributed by atoms with Gasteiger partial charge in [0.15, 0.2) is 0 Å². The normalized spacial score (nSPS) is 25.4. The van der Waals surface area contributed by atoms with Crippen LogP contribution in [0.2, 0.25) is 0 Å². The van der Waals surface area contributed by atoms with Gasteiger partial charge >= 0.3 is 0 Å². The molecule has 15 heavy (non-hydrogen) atoms. The van der Waals surface area contributed by atoms with E-state index in [-0.39, 0.29) is 5.91 Å². The van der Waals surface area contributed by atoms with Crippen molar-refractivity contribution in [2.45, 2.75) is 24.1 Å². The molecule has 2 rings (SSSR count). The molecule has 1 aromatic heterocycles. The molecule has 1 aliphatic carbocycles. The Morgan fingerprint density at radius 2 is 2.47 bits per heavy atom. The standard InChI is InChI=1S/C11H14BrNO2/c12-10-2-1-8(5-10)6-13-11(14)9-3-4-15-7-9/h3-4,7-8,10H,1-2,5-6H2,(H,13,14). The van der Waals surface area contributed by atoms with Crippen molar-refractivity contribution in [3.8, 4) is 0 Å². The molecule has 1 heterocycles.